The Morgan fingerprint density at radius 1 is 0.821 bits per heavy atom. The quantitative estimate of drug-likeness (QED) is 0.113. The third kappa shape index (κ3) is 8.39. The van der Waals surface area contributed by atoms with Crippen LogP contribution in [-0.4, -0.2) is 22.6 Å². The van der Waals surface area contributed by atoms with Gasteiger partial charge in [0.25, 0.3) is 0 Å². The Bertz CT molecular complexity index is 2900. The van der Waals surface area contributed by atoms with Crippen LogP contribution in [0.4, 0.5) is 0 Å². The predicted octanol–water partition coefficient (Wildman–Crippen LogP) is 13.2. The largest absolute Gasteiger partial charge is 0.500 e. The second kappa shape index (κ2) is 16.9. The first-order chi connectivity index (χ1) is 29.1. The molecule has 1 radical (unpaired) electrons. The molecule has 3 aromatic heterocycles. The number of nitrogens with zero attached hydrogens (tertiary/aromatic N) is 3. The van der Waals surface area contributed by atoms with E-state index >= 15 is 0 Å². The maximum atomic E-state index is 8.60. The number of aromatic nitrogens is 3. The third-order valence-corrected chi connectivity index (χ3v) is 11.8. The Balaban J connectivity index is 0.000000211. The van der Waals surface area contributed by atoms with Crippen LogP contribution < -0.4 is 5.19 Å². The van der Waals surface area contributed by atoms with Crippen molar-refractivity contribution in [1.82, 2.24) is 14.5 Å². The minimum Gasteiger partial charge on any atom is -0.500 e. The molecule has 8 rings (SSSR count). The molecule has 5 aromatic carbocycles. The summed E-state index contributed by atoms with van der Waals surface area (Å²) in [5.41, 5.74) is 9.62. The summed E-state index contributed by atoms with van der Waals surface area (Å²) >= 11 is 0. The summed E-state index contributed by atoms with van der Waals surface area (Å²) in [6.45, 7) is 16.5. The van der Waals surface area contributed by atoms with E-state index in [-0.39, 0.29) is 43.7 Å². The standard InChI is InChI=1S/C31H27N2O.C19H26NSi.Ir/c1-19(2)22-11-9-12-23(20(3)4)30(22)33-27-14-7-6-13-26(27)32-31(33)21-16-17-29-25(18-21)24-10-5-8-15-28(24)34-29;1-14(2)11-17-12-18(16-9-7-15(3)8-10-16)20-13-19(17)21(4,5)6;/h5-15,17-20H,1-4H3;7-9,12-14H,11H2,1-6H3;/q2*-1;/i;3D3,7D,8D,11D2;. The molecule has 0 aliphatic heterocycles. The molecule has 0 aliphatic rings. The van der Waals surface area contributed by atoms with E-state index in [9.17, 15) is 0 Å². The molecular formula is C50H53IrN3OSi-2. The first-order valence-corrected chi connectivity index (χ1v) is 22.6. The number of rotatable bonds is 8. The van der Waals surface area contributed by atoms with E-state index in [1.165, 1.54) is 22.9 Å². The van der Waals surface area contributed by atoms with Gasteiger partial charge in [-0.25, -0.2) is 0 Å². The van der Waals surface area contributed by atoms with Crippen LogP contribution in [-0.2, 0) is 26.5 Å². The zero-order valence-electron chi connectivity index (χ0n) is 40.6. The predicted molar refractivity (Wildman–Crippen MR) is 236 cm³/mol. The second-order valence-corrected chi connectivity index (χ2v) is 21.1. The number of fused-ring (bicyclic) bond motifs is 4. The van der Waals surface area contributed by atoms with Crippen molar-refractivity contribution in [2.75, 3.05) is 0 Å². The van der Waals surface area contributed by atoms with Gasteiger partial charge in [0.05, 0.1) is 30.5 Å². The third-order valence-electron chi connectivity index (χ3n) is 9.79. The molecule has 56 heavy (non-hydrogen) atoms. The van der Waals surface area contributed by atoms with Crippen LogP contribution in [0, 0.1) is 24.9 Å². The Morgan fingerprint density at radius 2 is 1.54 bits per heavy atom. The van der Waals surface area contributed by atoms with Crippen LogP contribution in [0.3, 0.4) is 0 Å². The number of hydrogen-bond donors (Lipinski definition) is 0. The van der Waals surface area contributed by atoms with Crippen molar-refractivity contribution in [1.29, 1.82) is 0 Å². The number of pyridine rings is 1. The summed E-state index contributed by atoms with van der Waals surface area (Å²) in [5.74, 6) is 1.42. The maximum Gasteiger partial charge on any atom is 0.120 e. The first-order valence-electron chi connectivity index (χ1n) is 22.6. The van der Waals surface area contributed by atoms with Gasteiger partial charge in [0.2, 0.25) is 0 Å². The summed E-state index contributed by atoms with van der Waals surface area (Å²) in [6, 6.07) is 36.0. The molecule has 0 amide bonds. The minimum atomic E-state index is -2.56. The van der Waals surface area contributed by atoms with E-state index in [4.69, 9.17) is 19.0 Å². The molecule has 4 nitrogen and oxygen atoms in total. The van der Waals surface area contributed by atoms with Gasteiger partial charge in [0.1, 0.15) is 5.58 Å². The Labute approximate surface area is 357 Å². The smallest absolute Gasteiger partial charge is 0.120 e. The number of benzene rings is 5. The van der Waals surface area contributed by atoms with Crippen molar-refractivity contribution in [2.24, 2.45) is 5.92 Å². The fraction of sp³-hybridized carbons (Fsp3) is 0.280. The van der Waals surface area contributed by atoms with Crippen LogP contribution in [0.15, 0.2) is 114 Å². The van der Waals surface area contributed by atoms with Gasteiger partial charge in [-0.2, -0.15) is 0 Å². The van der Waals surface area contributed by atoms with Crippen LogP contribution in [0.1, 0.15) is 85.2 Å². The van der Waals surface area contributed by atoms with E-state index in [1.54, 1.807) is 12.3 Å². The fourth-order valence-electron chi connectivity index (χ4n) is 7.12. The molecule has 0 fully saturated rings. The molecule has 0 N–H and O–H groups in total. The number of hydrogen-bond acceptors (Lipinski definition) is 3. The van der Waals surface area contributed by atoms with Crippen molar-refractivity contribution in [3.8, 4) is 28.3 Å². The van der Waals surface area contributed by atoms with Gasteiger partial charge in [-0.1, -0.05) is 134 Å². The molecule has 6 heteroatoms. The van der Waals surface area contributed by atoms with E-state index < -0.39 is 21.3 Å². The fourth-order valence-corrected chi connectivity index (χ4v) is 8.52. The maximum absolute atomic E-state index is 8.60. The Hall–Kier alpha value is -4.61. The van der Waals surface area contributed by atoms with Crippen LogP contribution >= 0.6 is 0 Å². The van der Waals surface area contributed by atoms with Gasteiger partial charge < -0.3 is 14.0 Å². The molecule has 0 bridgehead atoms. The summed E-state index contributed by atoms with van der Waals surface area (Å²) in [4.78, 5) is 9.59. The van der Waals surface area contributed by atoms with Gasteiger partial charge >= 0.3 is 0 Å². The van der Waals surface area contributed by atoms with Crippen LogP contribution in [0.5, 0.6) is 0 Å². The monoisotopic (exact) mass is 939 g/mol. The second-order valence-electron chi connectivity index (χ2n) is 16.1. The molecule has 0 unspecified atom stereocenters. The molecule has 0 saturated heterocycles. The molecule has 0 spiro atoms. The molecule has 3 heterocycles. The van der Waals surface area contributed by atoms with Crippen molar-refractivity contribution >= 4 is 46.2 Å². The van der Waals surface area contributed by atoms with Crippen molar-refractivity contribution < 1.29 is 34.1 Å². The van der Waals surface area contributed by atoms with Gasteiger partial charge in [0.15, 0.2) is 0 Å². The van der Waals surface area contributed by atoms with Gasteiger partial charge in [0, 0.05) is 47.0 Å². The van der Waals surface area contributed by atoms with Gasteiger partial charge in [-0.15, -0.1) is 59.1 Å². The minimum absolute atomic E-state index is 0. The SMILES string of the molecule is CC(C)c1cccc(C(C)C)c1-n1c(-c2[c-]cc3oc4ccccc4c3c2)nc2ccccc21.[2H]c1[c-]c(-c2cc(C([2H])([2H])C(C)C)c([Si](C)(C)C)cn2)cc([2H])c1C([2H])([2H])[2H].[Ir]. The molecule has 289 valence electrons. The Kier molecular flexibility index (Phi) is 9.77. The summed E-state index contributed by atoms with van der Waals surface area (Å²) in [6.07, 6.45) is 0.120. The molecular weight excluding hydrogens is 879 g/mol. The molecule has 0 atom stereocenters. The zero-order chi connectivity index (χ0) is 45.1. The van der Waals surface area contributed by atoms with E-state index in [0.717, 1.165) is 49.5 Å². The average molecular weight is 939 g/mol. The van der Waals surface area contributed by atoms with Crippen LogP contribution in [0.25, 0.3) is 61.3 Å². The normalized spacial score (nSPS) is 14.1. The summed E-state index contributed by atoms with van der Waals surface area (Å²) in [5, 5.41) is 3.12. The summed E-state index contributed by atoms with van der Waals surface area (Å²) < 4.78 is 64.2. The van der Waals surface area contributed by atoms with Gasteiger partial charge in [-0.05, 0) is 64.3 Å². The zero-order valence-corrected chi connectivity index (χ0v) is 36.9. The van der Waals surface area contributed by atoms with Crippen molar-refractivity contribution in [3.05, 3.63) is 144 Å². The van der Waals surface area contributed by atoms with Crippen molar-refractivity contribution in [2.45, 2.75) is 86.2 Å². The Morgan fingerprint density at radius 3 is 2.21 bits per heavy atom. The van der Waals surface area contributed by atoms with Gasteiger partial charge in [-0.3, -0.25) is 4.98 Å². The first kappa shape index (κ1) is 32.5. The molecule has 8 aromatic rings. The number of imidazole rings is 1. The number of furan rings is 1. The summed E-state index contributed by atoms with van der Waals surface area (Å²) in [7, 11) is -1.87. The number of para-hydroxylation sites is 4. The van der Waals surface area contributed by atoms with E-state index in [2.05, 4.69) is 130 Å². The topological polar surface area (TPSA) is 43.9 Å². The molecule has 0 aliphatic carbocycles. The molecule has 0 saturated carbocycles. The van der Waals surface area contributed by atoms with Crippen LogP contribution in [0.2, 0.25) is 19.6 Å². The van der Waals surface area contributed by atoms with Crippen molar-refractivity contribution in [3.63, 3.8) is 0 Å². The van der Waals surface area contributed by atoms with E-state index in [1.807, 2.05) is 32.0 Å². The van der Waals surface area contributed by atoms with E-state index in [0.29, 0.717) is 28.7 Å². The average Bonchev–Trinajstić information content (AvgIpc) is 3.77.